The van der Waals surface area contributed by atoms with E-state index in [9.17, 15) is 9.00 Å². The number of hydrogen-bond acceptors (Lipinski definition) is 7. The summed E-state index contributed by atoms with van der Waals surface area (Å²) >= 11 is 0. The molecule has 0 bridgehead atoms. The molecule has 1 aliphatic carbocycles. The number of carbonyl (C=O) groups is 1. The average Bonchev–Trinajstić information content (AvgIpc) is 3.72. The molecule has 1 amide bonds. The molecule has 8 nitrogen and oxygen atoms in total. The molecule has 1 saturated carbocycles. The van der Waals surface area contributed by atoms with E-state index in [0.717, 1.165) is 18.4 Å². The van der Waals surface area contributed by atoms with Crippen molar-refractivity contribution in [2.45, 2.75) is 23.2 Å². The Morgan fingerprint density at radius 1 is 1.08 bits per heavy atom. The highest BCUT2D eigenvalue weighted by molar-refractivity contribution is 7.91. The highest BCUT2D eigenvalue weighted by Gasteiger charge is 2.51. The van der Waals surface area contributed by atoms with Crippen molar-refractivity contribution in [1.82, 2.24) is 9.97 Å². The molecule has 0 spiro atoms. The quantitative estimate of drug-likeness (QED) is 0.267. The van der Waals surface area contributed by atoms with E-state index in [1.165, 1.54) is 31.7 Å². The number of methoxy groups -OCH3 is 1. The molecule has 5 rings (SSSR count). The number of carbonyl (C=O) groups excluding carboxylic acids is 1. The highest BCUT2D eigenvalue weighted by atomic mass is 32.2. The third-order valence-electron chi connectivity index (χ3n) is 6.53. The van der Waals surface area contributed by atoms with Gasteiger partial charge in [0.2, 0.25) is 17.7 Å². The molecule has 3 N–H and O–H groups in total. The monoisotopic (exact) mass is 531 g/mol. The molecule has 0 radical (unpaired) electrons. The molecule has 4 aromatic rings. The van der Waals surface area contributed by atoms with Crippen LogP contribution in [0.5, 0.6) is 5.88 Å². The molecule has 1 atom stereocenters. The van der Waals surface area contributed by atoms with E-state index in [-0.39, 0.29) is 23.4 Å². The van der Waals surface area contributed by atoms with E-state index in [0.29, 0.717) is 21.7 Å². The SMILES string of the molecule is COc1nc(Nc2cccc(S(C)(=N)=O)c2)ncc1-c1ccc(NC(=O)C2(c3ccccc3)CC2)c(F)c1. The molecule has 3 aromatic carbocycles. The molecular weight excluding hydrogens is 505 g/mol. The number of nitrogens with one attached hydrogen (secondary N) is 3. The first-order chi connectivity index (χ1) is 18.2. The van der Waals surface area contributed by atoms with Gasteiger partial charge in [0.05, 0.1) is 33.5 Å². The van der Waals surface area contributed by atoms with Crippen LogP contribution in [-0.4, -0.2) is 33.4 Å². The van der Waals surface area contributed by atoms with Gasteiger partial charge in [-0.2, -0.15) is 4.98 Å². The minimum atomic E-state index is -2.87. The summed E-state index contributed by atoms with van der Waals surface area (Å²) in [7, 11) is -1.42. The van der Waals surface area contributed by atoms with Crippen LogP contribution in [0.4, 0.5) is 21.7 Å². The summed E-state index contributed by atoms with van der Waals surface area (Å²) in [4.78, 5) is 22.1. The lowest BCUT2D eigenvalue weighted by atomic mass is 9.95. The molecule has 0 aliphatic heterocycles. The zero-order valence-corrected chi connectivity index (χ0v) is 21.6. The Kier molecular flexibility index (Phi) is 6.58. The van der Waals surface area contributed by atoms with Gasteiger partial charge >= 0.3 is 0 Å². The van der Waals surface area contributed by atoms with Gasteiger partial charge in [-0.1, -0.05) is 42.5 Å². The smallest absolute Gasteiger partial charge is 0.235 e. The Morgan fingerprint density at radius 3 is 2.50 bits per heavy atom. The van der Waals surface area contributed by atoms with Crippen LogP contribution in [0.3, 0.4) is 0 Å². The van der Waals surface area contributed by atoms with Crippen LogP contribution in [0.25, 0.3) is 11.1 Å². The number of aromatic nitrogens is 2. The van der Waals surface area contributed by atoms with Gasteiger partial charge in [0.15, 0.2) is 0 Å². The van der Waals surface area contributed by atoms with E-state index < -0.39 is 21.0 Å². The van der Waals surface area contributed by atoms with Crippen molar-refractivity contribution in [1.29, 1.82) is 4.78 Å². The lowest BCUT2D eigenvalue weighted by Crippen LogP contribution is -2.28. The first-order valence-electron chi connectivity index (χ1n) is 11.9. The van der Waals surface area contributed by atoms with Gasteiger partial charge in [-0.25, -0.2) is 18.4 Å². The second-order valence-corrected chi connectivity index (χ2v) is 11.4. The third-order valence-corrected chi connectivity index (χ3v) is 7.68. The Labute approximate surface area is 220 Å². The van der Waals surface area contributed by atoms with Crippen molar-refractivity contribution < 1.29 is 18.1 Å². The van der Waals surface area contributed by atoms with E-state index in [2.05, 4.69) is 20.6 Å². The first-order valence-corrected chi connectivity index (χ1v) is 13.8. The number of hydrogen-bond donors (Lipinski definition) is 3. The fourth-order valence-corrected chi connectivity index (χ4v) is 4.97. The maximum absolute atomic E-state index is 15.1. The Morgan fingerprint density at radius 2 is 1.84 bits per heavy atom. The summed E-state index contributed by atoms with van der Waals surface area (Å²) in [5.74, 6) is -0.370. The van der Waals surface area contributed by atoms with Crippen LogP contribution >= 0.6 is 0 Å². The van der Waals surface area contributed by atoms with Crippen LogP contribution in [0, 0.1) is 10.6 Å². The summed E-state index contributed by atoms with van der Waals surface area (Å²) < 4.78 is 40.4. The second kappa shape index (κ2) is 9.86. The van der Waals surface area contributed by atoms with Gasteiger partial charge in [0.1, 0.15) is 5.82 Å². The number of amides is 1. The molecule has 0 saturated heterocycles. The van der Waals surface area contributed by atoms with Gasteiger partial charge in [-0.15, -0.1) is 0 Å². The molecule has 1 unspecified atom stereocenters. The minimum absolute atomic E-state index is 0.0981. The molecule has 194 valence electrons. The maximum Gasteiger partial charge on any atom is 0.235 e. The summed E-state index contributed by atoms with van der Waals surface area (Å²) in [5.41, 5.74) is 1.93. The van der Waals surface area contributed by atoms with Crippen molar-refractivity contribution in [2.24, 2.45) is 0 Å². The molecule has 1 heterocycles. The summed E-state index contributed by atoms with van der Waals surface area (Å²) in [6.45, 7) is 0. The Hall–Kier alpha value is -4.31. The number of ether oxygens (including phenoxy) is 1. The Balaban J connectivity index is 1.35. The predicted molar refractivity (Wildman–Crippen MR) is 145 cm³/mol. The fourth-order valence-electron chi connectivity index (χ4n) is 4.28. The van der Waals surface area contributed by atoms with Crippen LogP contribution in [0.2, 0.25) is 0 Å². The zero-order chi connectivity index (χ0) is 26.9. The summed E-state index contributed by atoms with van der Waals surface area (Å²) in [5, 5.41) is 5.76. The molecule has 1 aliphatic rings. The van der Waals surface area contributed by atoms with E-state index in [4.69, 9.17) is 9.52 Å². The third kappa shape index (κ3) is 5.08. The van der Waals surface area contributed by atoms with Crippen molar-refractivity contribution >= 4 is 33.0 Å². The van der Waals surface area contributed by atoms with Crippen molar-refractivity contribution in [2.75, 3.05) is 24.0 Å². The van der Waals surface area contributed by atoms with Crippen molar-refractivity contribution in [3.05, 3.63) is 90.4 Å². The van der Waals surface area contributed by atoms with Crippen molar-refractivity contribution in [3.63, 3.8) is 0 Å². The fraction of sp³-hybridized carbons (Fsp3) is 0.179. The summed E-state index contributed by atoms with van der Waals surface area (Å²) in [6.07, 6.45) is 4.31. The van der Waals surface area contributed by atoms with Gasteiger partial charge < -0.3 is 15.4 Å². The van der Waals surface area contributed by atoms with Crippen molar-refractivity contribution in [3.8, 4) is 17.0 Å². The largest absolute Gasteiger partial charge is 0.480 e. The van der Waals surface area contributed by atoms with Gasteiger partial charge in [0.25, 0.3) is 0 Å². The van der Waals surface area contributed by atoms with Gasteiger partial charge in [-0.3, -0.25) is 4.79 Å². The topological polar surface area (TPSA) is 117 Å². The highest BCUT2D eigenvalue weighted by Crippen LogP contribution is 2.49. The number of halogens is 1. The lowest BCUT2D eigenvalue weighted by molar-refractivity contribution is -0.118. The lowest BCUT2D eigenvalue weighted by Gasteiger charge is -2.17. The Bertz CT molecular complexity index is 1620. The van der Waals surface area contributed by atoms with Gasteiger partial charge in [-0.05, 0) is 54.3 Å². The zero-order valence-electron chi connectivity index (χ0n) is 20.8. The van der Waals surface area contributed by atoms with E-state index >= 15 is 4.39 Å². The molecule has 1 fully saturated rings. The van der Waals surface area contributed by atoms with Crippen LogP contribution in [0.15, 0.2) is 83.9 Å². The number of benzene rings is 3. The minimum Gasteiger partial charge on any atom is -0.480 e. The van der Waals surface area contributed by atoms with Crippen LogP contribution in [-0.2, 0) is 19.9 Å². The molecule has 10 heteroatoms. The van der Waals surface area contributed by atoms with Crippen LogP contribution < -0.4 is 15.4 Å². The van der Waals surface area contributed by atoms with E-state index in [1.54, 1.807) is 30.3 Å². The first kappa shape index (κ1) is 25.3. The van der Waals surface area contributed by atoms with Crippen LogP contribution in [0.1, 0.15) is 18.4 Å². The molecule has 38 heavy (non-hydrogen) atoms. The normalized spacial score (nSPS) is 15.2. The molecule has 1 aromatic heterocycles. The average molecular weight is 532 g/mol. The number of rotatable bonds is 8. The second-order valence-electron chi connectivity index (χ2n) is 9.21. The maximum atomic E-state index is 15.1. The standard InChI is InChI=1S/C28H26FN5O3S/c1-37-25-22(17-31-27(34-25)32-20-9-6-10-21(16-20)38(2,30)36)18-11-12-24(23(29)15-18)33-26(35)28(13-14-28)19-7-4-3-5-8-19/h3-12,15-17,30H,13-14H2,1-2H3,(H,33,35)(H,31,32,34). The molecular formula is C28H26FN5O3S. The summed E-state index contributed by atoms with van der Waals surface area (Å²) in [6, 6.07) is 20.7. The van der Waals surface area contributed by atoms with E-state index in [1.807, 2.05) is 30.3 Å². The van der Waals surface area contributed by atoms with Gasteiger partial charge in [0, 0.05) is 23.0 Å². The predicted octanol–water partition coefficient (Wildman–Crippen LogP) is 5.74. The number of anilines is 3. The number of nitrogens with zero attached hydrogens (tertiary/aromatic N) is 2.